The van der Waals surface area contributed by atoms with Crippen molar-refractivity contribution in [3.05, 3.63) is 36.3 Å². The fraction of sp³-hybridized carbons (Fsp3) is 0.474. The molecule has 2 aromatic rings. The van der Waals surface area contributed by atoms with Crippen LogP contribution in [-0.2, 0) is 11.2 Å². The second-order valence-corrected chi connectivity index (χ2v) is 6.36. The summed E-state index contributed by atoms with van der Waals surface area (Å²) in [5.74, 6) is 1.88. The summed E-state index contributed by atoms with van der Waals surface area (Å²) in [6.45, 7) is 3.32. The molecule has 0 bridgehead atoms. The van der Waals surface area contributed by atoms with Gasteiger partial charge in [-0.05, 0) is 31.4 Å². The van der Waals surface area contributed by atoms with Crippen LogP contribution in [0.2, 0.25) is 0 Å². The second kappa shape index (κ2) is 8.55. The van der Waals surface area contributed by atoms with E-state index in [-0.39, 0.29) is 11.8 Å². The number of anilines is 1. The Morgan fingerprint density at radius 2 is 1.92 bits per heavy atom. The SMILES string of the molecule is CCc1cc(NCCNC(=O)C2CCCC2)nc(-c2ccncc2)n1. The molecule has 1 aliphatic rings. The van der Waals surface area contributed by atoms with Gasteiger partial charge in [0, 0.05) is 48.7 Å². The smallest absolute Gasteiger partial charge is 0.223 e. The average Bonchev–Trinajstić information content (AvgIpc) is 3.20. The van der Waals surface area contributed by atoms with E-state index in [9.17, 15) is 4.79 Å². The van der Waals surface area contributed by atoms with Crippen LogP contribution in [-0.4, -0.2) is 33.9 Å². The van der Waals surface area contributed by atoms with Crippen LogP contribution in [0.1, 0.15) is 38.3 Å². The van der Waals surface area contributed by atoms with E-state index in [1.165, 1.54) is 12.8 Å². The summed E-state index contributed by atoms with van der Waals surface area (Å²) in [4.78, 5) is 25.2. The fourth-order valence-corrected chi connectivity index (χ4v) is 3.11. The summed E-state index contributed by atoms with van der Waals surface area (Å²) in [5, 5.41) is 6.31. The number of carbonyl (C=O) groups excluding carboxylic acids is 1. The molecule has 3 rings (SSSR count). The molecule has 0 atom stereocenters. The van der Waals surface area contributed by atoms with Crippen LogP contribution in [0.4, 0.5) is 5.82 Å². The topological polar surface area (TPSA) is 79.8 Å². The number of rotatable bonds is 7. The minimum Gasteiger partial charge on any atom is -0.368 e. The van der Waals surface area contributed by atoms with Gasteiger partial charge < -0.3 is 10.6 Å². The summed E-state index contributed by atoms with van der Waals surface area (Å²) in [5.41, 5.74) is 1.93. The molecule has 1 amide bonds. The van der Waals surface area contributed by atoms with Crippen molar-refractivity contribution in [2.24, 2.45) is 5.92 Å². The van der Waals surface area contributed by atoms with E-state index >= 15 is 0 Å². The monoisotopic (exact) mass is 339 g/mol. The molecule has 2 N–H and O–H groups in total. The van der Waals surface area contributed by atoms with Crippen molar-refractivity contribution in [2.75, 3.05) is 18.4 Å². The average molecular weight is 339 g/mol. The zero-order valence-electron chi connectivity index (χ0n) is 14.7. The van der Waals surface area contributed by atoms with Gasteiger partial charge in [-0.2, -0.15) is 0 Å². The Bertz CT molecular complexity index is 698. The molecule has 2 aromatic heterocycles. The van der Waals surface area contributed by atoms with Crippen molar-refractivity contribution in [1.29, 1.82) is 0 Å². The van der Waals surface area contributed by atoms with Crippen molar-refractivity contribution in [2.45, 2.75) is 39.0 Å². The molecule has 0 aromatic carbocycles. The van der Waals surface area contributed by atoms with E-state index in [1.54, 1.807) is 12.4 Å². The van der Waals surface area contributed by atoms with Gasteiger partial charge in [0.2, 0.25) is 5.91 Å². The highest BCUT2D eigenvalue weighted by Crippen LogP contribution is 2.24. The molecule has 6 heteroatoms. The Kier molecular flexibility index (Phi) is 5.93. The number of carbonyl (C=O) groups is 1. The van der Waals surface area contributed by atoms with Crippen LogP contribution >= 0.6 is 0 Å². The summed E-state index contributed by atoms with van der Waals surface area (Å²) in [6.07, 6.45) is 8.73. The Hall–Kier alpha value is -2.50. The van der Waals surface area contributed by atoms with Gasteiger partial charge in [0.05, 0.1) is 0 Å². The van der Waals surface area contributed by atoms with Gasteiger partial charge in [0.1, 0.15) is 5.82 Å². The Balaban J connectivity index is 1.57. The van der Waals surface area contributed by atoms with Crippen LogP contribution in [0.15, 0.2) is 30.6 Å². The Labute approximate surface area is 148 Å². The number of aryl methyl sites for hydroxylation is 1. The molecule has 25 heavy (non-hydrogen) atoms. The molecule has 0 spiro atoms. The molecule has 6 nitrogen and oxygen atoms in total. The molecule has 0 saturated heterocycles. The van der Waals surface area contributed by atoms with E-state index < -0.39 is 0 Å². The number of hydrogen-bond donors (Lipinski definition) is 2. The largest absolute Gasteiger partial charge is 0.368 e. The van der Waals surface area contributed by atoms with E-state index in [0.29, 0.717) is 18.9 Å². The lowest BCUT2D eigenvalue weighted by Crippen LogP contribution is -2.33. The van der Waals surface area contributed by atoms with Crippen molar-refractivity contribution in [3.8, 4) is 11.4 Å². The van der Waals surface area contributed by atoms with Crippen LogP contribution in [0.25, 0.3) is 11.4 Å². The number of hydrogen-bond acceptors (Lipinski definition) is 5. The van der Waals surface area contributed by atoms with Gasteiger partial charge in [-0.25, -0.2) is 9.97 Å². The van der Waals surface area contributed by atoms with Crippen LogP contribution in [0.5, 0.6) is 0 Å². The summed E-state index contributed by atoms with van der Waals surface area (Å²) < 4.78 is 0. The van der Waals surface area contributed by atoms with Crippen LogP contribution in [0, 0.1) is 5.92 Å². The van der Waals surface area contributed by atoms with Crippen molar-refractivity contribution in [1.82, 2.24) is 20.3 Å². The maximum Gasteiger partial charge on any atom is 0.223 e. The summed E-state index contributed by atoms with van der Waals surface area (Å²) in [6, 6.07) is 5.77. The van der Waals surface area contributed by atoms with E-state index in [0.717, 1.165) is 36.3 Å². The third-order valence-electron chi connectivity index (χ3n) is 4.54. The summed E-state index contributed by atoms with van der Waals surface area (Å²) in [7, 11) is 0. The zero-order chi connectivity index (χ0) is 17.5. The highest BCUT2D eigenvalue weighted by atomic mass is 16.1. The molecular formula is C19H25N5O. The second-order valence-electron chi connectivity index (χ2n) is 6.36. The standard InChI is InChI=1S/C19H25N5O/c1-2-16-13-17(24-18(23-16)14-7-9-20-10-8-14)21-11-12-22-19(25)15-5-3-4-6-15/h7-10,13,15H,2-6,11-12H2,1H3,(H,22,25)(H,21,23,24). The number of nitrogens with zero attached hydrogens (tertiary/aromatic N) is 3. The first-order chi connectivity index (χ1) is 12.3. The first kappa shape index (κ1) is 17.3. The molecule has 1 saturated carbocycles. The first-order valence-corrected chi connectivity index (χ1v) is 9.06. The zero-order valence-corrected chi connectivity index (χ0v) is 14.7. The molecule has 0 unspecified atom stereocenters. The predicted molar refractivity (Wildman–Crippen MR) is 98.1 cm³/mol. The van der Waals surface area contributed by atoms with E-state index in [1.807, 2.05) is 18.2 Å². The van der Waals surface area contributed by atoms with E-state index in [4.69, 9.17) is 0 Å². The van der Waals surface area contributed by atoms with Gasteiger partial charge in [-0.3, -0.25) is 9.78 Å². The summed E-state index contributed by atoms with van der Waals surface area (Å²) >= 11 is 0. The van der Waals surface area contributed by atoms with Crippen molar-refractivity contribution >= 4 is 11.7 Å². The number of amides is 1. The van der Waals surface area contributed by atoms with Gasteiger partial charge >= 0.3 is 0 Å². The maximum absolute atomic E-state index is 12.0. The van der Waals surface area contributed by atoms with Gasteiger partial charge in [-0.15, -0.1) is 0 Å². The minimum absolute atomic E-state index is 0.189. The van der Waals surface area contributed by atoms with Crippen molar-refractivity contribution < 1.29 is 4.79 Å². The van der Waals surface area contributed by atoms with E-state index in [2.05, 4.69) is 32.5 Å². The molecule has 0 aliphatic heterocycles. The lowest BCUT2D eigenvalue weighted by molar-refractivity contribution is -0.124. The van der Waals surface area contributed by atoms with Gasteiger partial charge in [0.15, 0.2) is 5.82 Å². The quantitative estimate of drug-likeness (QED) is 0.758. The normalized spacial score (nSPS) is 14.4. The lowest BCUT2D eigenvalue weighted by Gasteiger charge is -2.12. The first-order valence-electron chi connectivity index (χ1n) is 9.06. The van der Waals surface area contributed by atoms with Gasteiger partial charge in [0.25, 0.3) is 0 Å². The number of aromatic nitrogens is 3. The molecular weight excluding hydrogens is 314 g/mol. The third-order valence-corrected chi connectivity index (χ3v) is 4.54. The van der Waals surface area contributed by atoms with Gasteiger partial charge in [-0.1, -0.05) is 19.8 Å². The van der Waals surface area contributed by atoms with Crippen LogP contribution < -0.4 is 10.6 Å². The molecule has 1 fully saturated rings. The van der Waals surface area contributed by atoms with Crippen molar-refractivity contribution in [3.63, 3.8) is 0 Å². The van der Waals surface area contributed by atoms with Crippen LogP contribution in [0.3, 0.4) is 0 Å². The molecule has 132 valence electrons. The predicted octanol–water partition coefficient (Wildman–Crippen LogP) is 2.82. The minimum atomic E-state index is 0.189. The molecule has 1 aliphatic carbocycles. The Morgan fingerprint density at radius 3 is 2.64 bits per heavy atom. The Morgan fingerprint density at radius 1 is 1.16 bits per heavy atom. The maximum atomic E-state index is 12.0. The third kappa shape index (κ3) is 4.75. The lowest BCUT2D eigenvalue weighted by atomic mass is 10.1. The molecule has 0 radical (unpaired) electrons. The fourth-order valence-electron chi connectivity index (χ4n) is 3.11. The number of pyridine rings is 1. The molecule has 2 heterocycles. The highest BCUT2D eigenvalue weighted by molar-refractivity contribution is 5.78. The number of nitrogens with one attached hydrogen (secondary N) is 2. The highest BCUT2D eigenvalue weighted by Gasteiger charge is 2.21.